The van der Waals surface area contributed by atoms with Gasteiger partial charge in [-0.3, -0.25) is 9.59 Å². The zero-order chi connectivity index (χ0) is 18.5. The molecule has 136 valence electrons. The highest BCUT2D eigenvalue weighted by Gasteiger charge is 2.49. The molecule has 1 saturated carbocycles. The number of nitrogens with zero attached hydrogens (tertiary/aromatic N) is 1. The third kappa shape index (κ3) is 4.44. The van der Waals surface area contributed by atoms with Gasteiger partial charge in [0.25, 0.3) is 0 Å². The number of amides is 2. The van der Waals surface area contributed by atoms with E-state index in [0.29, 0.717) is 31.1 Å². The van der Waals surface area contributed by atoms with E-state index in [-0.39, 0.29) is 23.7 Å². The lowest BCUT2D eigenvalue weighted by Gasteiger charge is -2.21. The fraction of sp³-hybridized carbons (Fsp3) is 0.333. The van der Waals surface area contributed by atoms with Crippen LogP contribution in [0, 0.1) is 11.8 Å². The standard InChI is InChI=1S/C21H23ClN2O2/c1-2-24(14-15-8-4-3-5-9-15)21(26)18-12-17(18)20(25)23-13-16-10-6-7-11-19(16)22/h3-11,17-18H,2,12-14H2,1H3,(H,23,25). The van der Waals surface area contributed by atoms with E-state index < -0.39 is 0 Å². The Balaban J connectivity index is 1.52. The van der Waals surface area contributed by atoms with Gasteiger partial charge in [0.1, 0.15) is 0 Å². The van der Waals surface area contributed by atoms with Crippen LogP contribution in [-0.4, -0.2) is 23.3 Å². The first kappa shape index (κ1) is 18.5. The lowest BCUT2D eigenvalue weighted by molar-refractivity contribution is -0.135. The smallest absolute Gasteiger partial charge is 0.226 e. The highest BCUT2D eigenvalue weighted by Crippen LogP contribution is 2.40. The lowest BCUT2D eigenvalue weighted by Crippen LogP contribution is -2.33. The molecule has 5 heteroatoms. The van der Waals surface area contributed by atoms with Crippen LogP contribution in [0.25, 0.3) is 0 Å². The van der Waals surface area contributed by atoms with E-state index in [1.54, 1.807) is 6.07 Å². The van der Waals surface area contributed by atoms with Crippen molar-refractivity contribution in [1.82, 2.24) is 10.2 Å². The number of hydrogen-bond acceptors (Lipinski definition) is 2. The lowest BCUT2D eigenvalue weighted by atomic mass is 10.2. The molecule has 0 spiro atoms. The number of rotatable bonds is 7. The number of nitrogens with one attached hydrogen (secondary N) is 1. The van der Waals surface area contributed by atoms with Gasteiger partial charge in [0.2, 0.25) is 11.8 Å². The number of hydrogen-bond donors (Lipinski definition) is 1. The maximum Gasteiger partial charge on any atom is 0.226 e. The van der Waals surface area contributed by atoms with Gasteiger partial charge in [-0.25, -0.2) is 0 Å². The zero-order valence-corrected chi connectivity index (χ0v) is 15.6. The fourth-order valence-corrected chi connectivity index (χ4v) is 3.30. The maximum absolute atomic E-state index is 12.7. The summed E-state index contributed by atoms with van der Waals surface area (Å²) in [5, 5.41) is 3.53. The molecule has 4 nitrogen and oxygen atoms in total. The zero-order valence-electron chi connectivity index (χ0n) is 14.8. The molecular weight excluding hydrogens is 348 g/mol. The SMILES string of the molecule is CCN(Cc1ccccc1)C(=O)C1CC1C(=O)NCc1ccccc1Cl. The maximum atomic E-state index is 12.7. The average molecular weight is 371 g/mol. The minimum Gasteiger partial charge on any atom is -0.352 e. The highest BCUT2D eigenvalue weighted by atomic mass is 35.5. The number of benzene rings is 2. The van der Waals surface area contributed by atoms with Gasteiger partial charge in [-0.2, -0.15) is 0 Å². The van der Waals surface area contributed by atoms with Gasteiger partial charge >= 0.3 is 0 Å². The van der Waals surface area contributed by atoms with Crippen LogP contribution in [0.4, 0.5) is 0 Å². The van der Waals surface area contributed by atoms with Crippen molar-refractivity contribution in [3.63, 3.8) is 0 Å². The molecule has 0 saturated heterocycles. The quantitative estimate of drug-likeness (QED) is 0.808. The first-order valence-electron chi connectivity index (χ1n) is 8.94. The van der Waals surface area contributed by atoms with Crippen LogP contribution in [0.15, 0.2) is 54.6 Å². The molecule has 0 aliphatic heterocycles. The van der Waals surface area contributed by atoms with Crippen molar-refractivity contribution >= 4 is 23.4 Å². The summed E-state index contributed by atoms with van der Waals surface area (Å²) in [6.07, 6.45) is 0.623. The van der Waals surface area contributed by atoms with E-state index in [1.165, 1.54) is 0 Å². The van der Waals surface area contributed by atoms with Crippen LogP contribution in [-0.2, 0) is 22.7 Å². The van der Waals surface area contributed by atoms with Gasteiger partial charge in [-0.15, -0.1) is 0 Å². The van der Waals surface area contributed by atoms with Crippen molar-refractivity contribution in [1.29, 1.82) is 0 Å². The predicted molar refractivity (Wildman–Crippen MR) is 102 cm³/mol. The predicted octanol–water partition coefficient (Wildman–Crippen LogP) is 3.64. The third-order valence-corrected chi connectivity index (χ3v) is 5.13. The van der Waals surface area contributed by atoms with Crippen LogP contribution < -0.4 is 5.32 Å². The molecule has 1 N–H and O–H groups in total. The average Bonchev–Trinajstić information content (AvgIpc) is 3.46. The second kappa shape index (κ2) is 8.37. The molecule has 3 rings (SSSR count). The Hall–Kier alpha value is -2.33. The Morgan fingerprint density at radius 1 is 1.08 bits per heavy atom. The van der Waals surface area contributed by atoms with Crippen molar-refractivity contribution in [3.8, 4) is 0 Å². The molecule has 2 unspecified atom stereocenters. The van der Waals surface area contributed by atoms with Gasteiger partial charge in [0.05, 0.1) is 11.8 Å². The first-order valence-corrected chi connectivity index (χ1v) is 9.31. The fourth-order valence-electron chi connectivity index (χ4n) is 3.10. The topological polar surface area (TPSA) is 49.4 Å². The largest absolute Gasteiger partial charge is 0.352 e. The Labute approximate surface area is 159 Å². The molecule has 2 atom stereocenters. The molecule has 2 aromatic carbocycles. The third-order valence-electron chi connectivity index (χ3n) is 4.76. The molecule has 1 fully saturated rings. The van der Waals surface area contributed by atoms with E-state index in [9.17, 15) is 9.59 Å². The summed E-state index contributed by atoms with van der Waals surface area (Å²) in [7, 11) is 0. The number of carbonyl (C=O) groups excluding carboxylic acids is 2. The van der Waals surface area contributed by atoms with Crippen LogP contribution in [0.2, 0.25) is 5.02 Å². The van der Waals surface area contributed by atoms with Crippen molar-refractivity contribution < 1.29 is 9.59 Å². The minimum absolute atomic E-state index is 0.0641. The van der Waals surface area contributed by atoms with E-state index in [2.05, 4.69) is 5.32 Å². The molecule has 1 aliphatic rings. The molecular formula is C21H23ClN2O2. The van der Waals surface area contributed by atoms with E-state index in [0.717, 1.165) is 11.1 Å². The summed E-state index contributed by atoms with van der Waals surface area (Å²) in [4.78, 5) is 26.9. The Kier molecular flexibility index (Phi) is 5.94. The second-order valence-corrected chi connectivity index (χ2v) is 7.00. The summed E-state index contributed by atoms with van der Waals surface area (Å²) >= 11 is 6.11. The monoisotopic (exact) mass is 370 g/mol. The van der Waals surface area contributed by atoms with Gasteiger partial charge < -0.3 is 10.2 Å². The summed E-state index contributed by atoms with van der Waals surface area (Å²) in [5.41, 5.74) is 1.98. The molecule has 26 heavy (non-hydrogen) atoms. The Morgan fingerprint density at radius 2 is 1.77 bits per heavy atom. The van der Waals surface area contributed by atoms with Gasteiger partial charge in [-0.1, -0.05) is 60.1 Å². The summed E-state index contributed by atoms with van der Waals surface area (Å²) in [6.45, 7) is 3.58. The Morgan fingerprint density at radius 3 is 2.46 bits per heavy atom. The van der Waals surface area contributed by atoms with Gasteiger partial charge in [-0.05, 0) is 30.5 Å². The molecule has 2 aromatic rings. The van der Waals surface area contributed by atoms with Crippen molar-refractivity contribution in [2.75, 3.05) is 6.54 Å². The normalized spacial score (nSPS) is 18.2. The van der Waals surface area contributed by atoms with Crippen LogP contribution in [0.3, 0.4) is 0 Å². The summed E-state index contributed by atoms with van der Waals surface area (Å²) in [6, 6.07) is 17.3. The first-order chi connectivity index (χ1) is 12.6. The Bertz CT molecular complexity index is 779. The summed E-state index contributed by atoms with van der Waals surface area (Å²) in [5.74, 6) is -0.437. The number of carbonyl (C=O) groups is 2. The minimum atomic E-state index is -0.227. The van der Waals surface area contributed by atoms with Crippen molar-refractivity contribution in [2.24, 2.45) is 11.8 Å². The molecule has 1 aliphatic carbocycles. The molecule has 0 radical (unpaired) electrons. The van der Waals surface area contributed by atoms with E-state index in [1.807, 2.05) is 60.4 Å². The molecule has 0 aromatic heterocycles. The van der Waals surface area contributed by atoms with Crippen molar-refractivity contribution in [3.05, 3.63) is 70.7 Å². The van der Waals surface area contributed by atoms with Crippen LogP contribution in [0.1, 0.15) is 24.5 Å². The molecule has 0 bridgehead atoms. The molecule has 0 heterocycles. The number of halogens is 1. The second-order valence-electron chi connectivity index (χ2n) is 6.60. The van der Waals surface area contributed by atoms with Crippen LogP contribution >= 0.6 is 11.6 Å². The summed E-state index contributed by atoms with van der Waals surface area (Å²) < 4.78 is 0. The molecule has 2 amide bonds. The highest BCUT2D eigenvalue weighted by molar-refractivity contribution is 6.31. The van der Waals surface area contributed by atoms with E-state index >= 15 is 0 Å². The van der Waals surface area contributed by atoms with Gasteiger partial charge in [0.15, 0.2) is 0 Å². The van der Waals surface area contributed by atoms with E-state index in [4.69, 9.17) is 11.6 Å². The van der Waals surface area contributed by atoms with Gasteiger partial charge in [0, 0.05) is 24.7 Å². The van der Waals surface area contributed by atoms with Crippen LogP contribution in [0.5, 0.6) is 0 Å². The van der Waals surface area contributed by atoms with Crippen molar-refractivity contribution in [2.45, 2.75) is 26.4 Å².